The lowest BCUT2D eigenvalue weighted by Crippen LogP contribution is -2.25. The molecular formula is C14H20O3S. The number of hydrogen-bond acceptors (Lipinski definition) is 4. The van der Waals surface area contributed by atoms with E-state index in [0.29, 0.717) is 6.42 Å². The van der Waals surface area contributed by atoms with E-state index in [-0.39, 0.29) is 6.29 Å². The molecule has 3 nitrogen and oxygen atoms in total. The Morgan fingerprint density at radius 1 is 1.28 bits per heavy atom. The predicted octanol–water partition coefficient (Wildman–Crippen LogP) is 2.99. The SMILES string of the molecule is CSc1ccc([C@@H](O)CCC2OCCCO2)cc1. The Balaban J connectivity index is 1.80. The third-order valence-electron chi connectivity index (χ3n) is 3.07. The molecule has 0 spiro atoms. The van der Waals surface area contributed by atoms with Gasteiger partial charge in [-0.1, -0.05) is 12.1 Å². The molecule has 1 heterocycles. The maximum atomic E-state index is 10.1. The largest absolute Gasteiger partial charge is 0.388 e. The summed E-state index contributed by atoms with van der Waals surface area (Å²) in [6.07, 6.45) is 3.85. The zero-order valence-electron chi connectivity index (χ0n) is 10.7. The molecule has 0 bridgehead atoms. The first-order valence-corrected chi connectivity index (χ1v) is 7.57. The van der Waals surface area contributed by atoms with Crippen molar-refractivity contribution in [2.45, 2.75) is 36.6 Å². The monoisotopic (exact) mass is 268 g/mol. The Morgan fingerprint density at radius 2 is 1.94 bits per heavy atom. The van der Waals surface area contributed by atoms with Gasteiger partial charge in [-0.25, -0.2) is 0 Å². The number of aliphatic hydroxyl groups excluding tert-OH is 1. The van der Waals surface area contributed by atoms with Crippen molar-refractivity contribution >= 4 is 11.8 Å². The van der Waals surface area contributed by atoms with Gasteiger partial charge in [0.2, 0.25) is 0 Å². The van der Waals surface area contributed by atoms with Gasteiger partial charge in [-0.2, -0.15) is 0 Å². The van der Waals surface area contributed by atoms with Crippen LogP contribution < -0.4 is 0 Å². The van der Waals surface area contributed by atoms with Crippen LogP contribution in [0.1, 0.15) is 30.9 Å². The molecule has 4 heteroatoms. The molecule has 1 N–H and O–H groups in total. The fourth-order valence-corrected chi connectivity index (χ4v) is 2.40. The van der Waals surface area contributed by atoms with Crippen LogP contribution in [-0.2, 0) is 9.47 Å². The molecule has 1 saturated heterocycles. The van der Waals surface area contributed by atoms with Crippen molar-refractivity contribution < 1.29 is 14.6 Å². The molecule has 0 aliphatic carbocycles. The molecule has 100 valence electrons. The summed E-state index contributed by atoms with van der Waals surface area (Å²) in [4.78, 5) is 1.21. The van der Waals surface area contributed by atoms with E-state index in [1.807, 2.05) is 30.5 Å². The molecule has 1 fully saturated rings. The van der Waals surface area contributed by atoms with Gasteiger partial charge in [0.1, 0.15) is 0 Å². The Bertz CT molecular complexity index is 347. The standard InChI is InChI=1S/C14H20O3S/c1-18-12-5-3-11(4-6-12)13(15)7-8-14-16-9-2-10-17-14/h3-6,13-15H,2,7-10H2,1H3/t13-/m0/s1. The molecule has 18 heavy (non-hydrogen) atoms. The molecule has 0 aromatic heterocycles. The van der Waals surface area contributed by atoms with Crippen molar-refractivity contribution in [2.24, 2.45) is 0 Å². The van der Waals surface area contributed by atoms with Gasteiger partial charge in [0, 0.05) is 11.3 Å². The van der Waals surface area contributed by atoms with Crippen LogP contribution in [0.3, 0.4) is 0 Å². The summed E-state index contributed by atoms with van der Waals surface area (Å²) in [6.45, 7) is 1.53. The summed E-state index contributed by atoms with van der Waals surface area (Å²) in [7, 11) is 0. The Morgan fingerprint density at radius 3 is 2.56 bits per heavy atom. The second-order valence-corrected chi connectivity index (χ2v) is 5.27. The van der Waals surface area contributed by atoms with Gasteiger partial charge in [0.05, 0.1) is 19.3 Å². The minimum atomic E-state index is -0.435. The molecule has 1 aliphatic rings. The molecule has 2 rings (SSSR count). The fraction of sp³-hybridized carbons (Fsp3) is 0.571. The van der Waals surface area contributed by atoms with Crippen LogP contribution in [0.5, 0.6) is 0 Å². The van der Waals surface area contributed by atoms with Crippen molar-refractivity contribution in [1.82, 2.24) is 0 Å². The van der Waals surface area contributed by atoms with Gasteiger partial charge in [-0.05, 0) is 36.8 Å². The fourth-order valence-electron chi connectivity index (χ4n) is 1.99. The lowest BCUT2D eigenvalue weighted by atomic mass is 10.0. The van der Waals surface area contributed by atoms with E-state index in [2.05, 4.69) is 0 Å². The lowest BCUT2D eigenvalue weighted by Gasteiger charge is -2.24. The summed E-state index contributed by atoms with van der Waals surface area (Å²) in [5, 5.41) is 10.1. The number of thioether (sulfide) groups is 1. The molecule has 0 radical (unpaired) electrons. The predicted molar refractivity (Wildman–Crippen MR) is 72.7 cm³/mol. The quantitative estimate of drug-likeness (QED) is 0.833. The number of rotatable bonds is 5. The van der Waals surface area contributed by atoms with Crippen LogP contribution in [0.15, 0.2) is 29.2 Å². The maximum absolute atomic E-state index is 10.1. The highest BCUT2D eigenvalue weighted by molar-refractivity contribution is 7.98. The van der Waals surface area contributed by atoms with Crippen molar-refractivity contribution in [2.75, 3.05) is 19.5 Å². The summed E-state index contributed by atoms with van der Waals surface area (Å²) in [5.41, 5.74) is 0.962. The highest BCUT2D eigenvalue weighted by Gasteiger charge is 2.16. The van der Waals surface area contributed by atoms with Gasteiger partial charge in [0.15, 0.2) is 6.29 Å². The molecule has 1 aromatic rings. The van der Waals surface area contributed by atoms with Crippen molar-refractivity contribution in [3.8, 4) is 0 Å². The van der Waals surface area contributed by atoms with Crippen LogP contribution in [0.2, 0.25) is 0 Å². The van der Waals surface area contributed by atoms with Gasteiger partial charge in [-0.15, -0.1) is 11.8 Å². The molecule has 0 unspecified atom stereocenters. The van der Waals surface area contributed by atoms with E-state index >= 15 is 0 Å². The topological polar surface area (TPSA) is 38.7 Å². The second-order valence-electron chi connectivity index (χ2n) is 4.39. The third-order valence-corrected chi connectivity index (χ3v) is 3.82. The van der Waals surface area contributed by atoms with Crippen LogP contribution in [0.25, 0.3) is 0 Å². The number of aliphatic hydroxyl groups is 1. The Kier molecular flexibility index (Phi) is 5.50. The second kappa shape index (κ2) is 7.14. The lowest BCUT2D eigenvalue weighted by molar-refractivity contribution is -0.183. The highest BCUT2D eigenvalue weighted by Crippen LogP contribution is 2.23. The first-order chi connectivity index (χ1) is 8.79. The number of benzene rings is 1. The first kappa shape index (κ1) is 13.9. The van der Waals surface area contributed by atoms with Crippen LogP contribution >= 0.6 is 11.8 Å². The van der Waals surface area contributed by atoms with E-state index < -0.39 is 6.10 Å². The molecule has 0 amide bonds. The van der Waals surface area contributed by atoms with Crippen molar-refractivity contribution in [1.29, 1.82) is 0 Å². The summed E-state index contributed by atoms with van der Waals surface area (Å²) in [6, 6.07) is 8.05. The van der Waals surface area contributed by atoms with Gasteiger partial charge in [0.25, 0.3) is 0 Å². The first-order valence-electron chi connectivity index (χ1n) is 6.35. The Labute approximate surface area is 112 Å². The highest BCUT2D eigenvalue weighted by atomic mass is 32.2. The van der Waals surface area contributed by atoms with Gasteiger partial charge < -0.3 is 14.6 Å². The molecule has 1 aliphatic heterocycles. The minimum absolute atomic E-state index is 0.140. The average molecular weight is 268 g/mol. The third kappa shape index (κ3) is 3.99. The van der Waals surface area contributed by atoms with Gasteiger partial charge >= 0.3 is 0 Å². The van der Waals surface area contributed by atoms with Crippen LogP contribution in [0, 0.1) is 0 Å². The van der Waals surface area contributed by atoms with E-state index in [0.717, 1.165) is 31.6 Å². The molecular weight excluding hydrogens is 248 g/mol. The normalized spacial score (nSPS) is 18.8. The Hall–Kier alpha value is -0.550. The average Bonchev–Trinajstić information content (AvgIpc) is 2.46. The molecule has 1 aromatic carbocycles. The molecule has 1 atom stereocenters. The van der Waals surface area contributed by atoms with Crippen LogP contribution in [0.4, 0.5) is 0 Å². The van der Waals surface area contributed by atoms with Crippen LogP contribution in [-0.4, -0.2) is 30.9 Å². The zero-order chi connectivity index (χ0) is 12.8. The molecule has 0 saturated carbocycles. The summed E-state index contributed by atoms with van der Waals surface area (Å²) < 4.78 is 10.9. The van der Waals surface area contributed by atoms with E-state index in [1.165, 1.54) is 4.90 Å². The van der Waals surface area contributed by atoms with Crippen molar-refractivity contribution in [3.05, 3.63) is 29.8 Å². The summed E-state index contributed by atoms with van der Waals surface area (Å²) in [5.74, 6) is 0. The van der Waals surface area contributed by atoms with E-state index in [4.69, 9.17) is 9.47 Å². The number of ether oxygens (including phenoxy) is 2. The number of hydrogen-bond donors (Lipinski definition) is 1. The maximum Gasteiger partial charge on any atom is 0.157 e. The van der Waals surface area contributed by atoms with E-state index in [9.17, 15) is 5.11 Å². The van der Waals surface area contributed by atoms with E-state index in [1.54, 1.807) is 11.8 Å². The van der Waals surface area contributed by atoms with Crippen molar-refractivity contribution in [3.63, 3.8) is 0 Å². The van der Waals surface area contributed by atoms with Gasteiger partial charge in [-0.3, -0.25) is 0 Å². The summed E-state index contributed by atoms with van der Waals surface area (Å²) >= 11 is 1.70. The minimum Gasteiger partial charge on any atom is -0.388 e. The smallest absolute Gasteiger partial charge is 0.157 e. The zero-order valence-corrected chi connectivity index (χ0v) is 11.5.